The van der Waals surface area contributed by atoms with Crippen molar-refractivity contribution < 1.29 is 19.0 Å². The van der Waals surface area contributed by atoms with Gasteiger partial charge in [-0.05, 0) is 52.9 Å². The molecule has 0 N–H and O–H groups in total. The van der Waals surface area contributed by atoms with Gasteiger partial charge in [-0.1, -0.05) is 42.5 Å². The lowest BCUT2D eigenvalue weighted by Crippen LogP contribution is -2.40. The zero-order chi connectivity index (χ0) is 25.1. The number of benzene rings is 3. The molecule has 3 aromatic rings. The molecule has 0 radical (unpaired) electrons. The van der Waals surface area contributed by atoms with Crippen molar-refractivity contribution in [3.05, 3.63) is 89.0 Å². The normalized spacial score (nSPS) is 17.4. The molecule has 0 unspecified atom stereocenters. The Labute approximate surface area is 211 Å². The Balaban J connectivity index is 1.37. The van der Waals surface area contributed by atoms with Gasteiger partial charge in [-0.15, -0.1) is 0 Å². The molecule has 0 aromatic heterocycles. The number of carbonyl (C=O) groups excluding carboxylic acids is 1. The van der Waals surface area contributed by atoms with E-state index in [4.69, 9.17) is 19.3 Å². The summed E-state index contributed by atoms with van der Waals surface area (Å²) < 4.78 is 16.3. The van der Waals surface area contributed by atoms with Crippen molar-refractivity contribution in [1.82, 2.24) is 9.91 Å². The predicted molar refractivity (Wildman–Crippen MR) is 139 cm³/mol. The van der Waals surface area contributed by atoms with Crippen LogP contribution in [-0.2, 0) is 17.8 Å². The number of amides is 1. The number of nitrogens with zero attached hydrogens (tertiary/aromatic N) is 3. The number of rotatable bonds is 7. The van der Waals surface area contributed by atoms with Gasteiger partial charge in [-0.2, -0.15) is 5.10 Å². The second-order valence-corrected chi connectivity index (χ2v) is 9.08. The van der Waals surface area contributed by atoms with Gasteiger partial charge in [0.15, 0.2) is 11.5 Å². The van der Waals surface area contributed by atoms with E-state index in [1.807, 2.05) is 66.7 Å². The van der Waals surface area contributed by atoms with Gasteiger partial charge in [0.25, 0.3) is 5.91 Å². The van der Waals surface area contributed by atoms with E-state index in [2.05, 4.69) is 4.90 Å². The maximum absolute atomic E-state index is 13.6. The monoisotopic (exact) mass is 485 g/mol. The highest BCUT2D eigenvalue weighted by Gasteiger charge is 2.34. The van der Waals surface area contributed by atoms with Crippen molar-refractivity contribution >= 4 is 11.6 Å². The Morgan fingerprint density at radius 3 is 2.28 bits per heavy atom. The van der Waals surface area contributed by atoms with Gasteiger partial charge < -0.3 is 14.2 Å². The van der Waals surface area contributed by atoms with Gasteiger partial charge in [0, 0.05) is 19.5 Å². The summed E-state index contributed by atoms with van der Waals surface area (Å²) in [4.78, 5) is 15.8. The summed E-state index contributed by atoms with van der Waals surface area (Å²) in [5.41, 5.74) is 5.40. The number of hydrogen-bond acceptors (Lipinski definition) is 6. The number of methoxy groups -OCH3 is 3. The SMILES string of the molecule is COc1ccc([C@H]2CC(c3ccccc3)=NN2C(=O)CN2CCc3cc(OC)c(OC)cc3C2)cc1. The third kappa shape index (κ3) is 4.79. The first-order chi connectivity index (χ1) is 17.6. The van der Waals surface area contributed by atoms with Crippen LogP contribution in [0.15, 0.2) is 71.8 Å². The van der Waals surface area contributed by atoms with E-state index in [9.17, 15) is 4.79 Å². The Morgan fingerprint density at radius 1 is 0.917 bits per heavy atom. The summed E-state index contributed by atoms with van der Waals surface area (Å²) in [7, 11) is 4.94. The lowest BCUT2D eigenvalue weighted by Gasteiger charge is -2.31. The van der Waals surface area contributed by atoms with Crippen LogP contribution in [0.1, 0.15) is 34.7 Å². The lowest BCUT2D eigenvalue weighted by atomic mass is 9.98. The second-order valence-electron chi connectivity index (χ2n) is 9.08. The molecule has 0 saturated heterocycles. The van der Waals surface area contributed by atoms with Gasteiger partial charge in [-0.25, -0.2) is 5.01 Å². The summed E-state index contributed by atoms with van der Waals surface area (Å²) in [6.07, 6.45) is 1.52. The summed E-state index contributed by atoms with van der Waals surface area (Å²) in [6, 6.07) is 21.9. The smallest absolute Gasteiger partial charge is 0.257 e. The highest BCUT2D eigenvalue weighted by atomic mass is 16.5. The molecule has 2 heterocycles. The van der Waals surface area contributed by atoms with Crippen LogP contribution < -0.4 is 14.2 Å². The summed E-state index contributed by atoms with van der Waals surface area (Å²) >= 11 is 0. The molecule has 0 bridgehead atoms. The van der Waals surface area contributed by atoms with Crippen LogP contribution >= 0.6 is 0 Å². The van der Waals surface area contributed by atoms with E-state index in [1.54, 1.807) is 26.3 Å². The molecule has 3 aromatic carbocycles. The van der Waals surface area contributed by atoms with Crippen molar-refractivity contribution in [2.45, 2.75) is 25.4 Å². The maximum Gasteiger partial charge on any atom is 0.257 e. The average Bonchev–Trinajstić information content (AvgIpc) is 3.38. The molecule has 0 spiro atoms. The van der Waals surface area contributed by atoms with Crippen molar-refractivity contribution in [2.24, 2.45) is 5.10 Å². The van der Waals surface area contributed by atoms with Crippen molar-refractivity contribution in [1.29, 1.82) is 0 Å². The largest absolute Gasteiger partial charge is 0.497 e. The van der Waals surface area contributed by atoms with Gasteiger partial charge >= 0.3 is 0 Å². The summed E-state index contributed by atoms with van der Waals surface area (Å²) in [5, 5.41) is 6.50. The van der Waals surface area contributed by atoms with Crippen LogP contribution in [-0.4, -0.2) is 55.9 Å². The van der Waals surface area contributed by atoms with Crippen molar-refractivity contribution in [3.63, 3.8) is 0 Å². The fourth-order valence-corrected chi connectivity index (χ4v) is 4.97. The third-order valence-corrected chi connectivity index (χ3v) is 6.93. The molecule has 2 aliphatic heterocycles. The van der Waals surface area contributed by atoms with E-state index in [0.717, 1.165) is 46.9 Å². The molecule has 7 nitrogen and oxygen atoms in total. The molecular weight excluding hydrogens is 454 g/mol. The van der Waals surface area contributed by atoms with E-state index >= 15 is 0 Å². The number of fused-ring (bicyclic) bond motifs is 1. The summed E-state index contributed by atoms with van der Waals surface area (Å²) in [6.45, 7) is 1.77. The van der Waals surface area contributed by atoms with Crippen LogP contribution in [0.3, 0.4) is 0 Å². The van der Waals surface area contributed by atoms with E-state index in [-0.39, 0.29) is 11.9 Å². The van der Waals surface area contributed by atoms with Crippen LogP contribution in [0.25, 0.3) is 0 Å². The molecule has 1 atom stereocenters. The molecule has 1 amide bonds. The fraction of sp³-hybridized carbons (Fsp3) is 0.310. The number of hydrazone groups is 1. The average molecular weight is 486 g/mol. The minimum absolute atomic E-state index is 0.00863. The maximum atomic E-state index is 13.6. The standard InChI is InChI=1S/C29H31N3O4/c1-34-24-11-9-21(10-12-24)26-17-25(20-7-5-4-6-8-20)30-32(26)29(33)19-31-14-13-22-15-27(35-2)28(36-3)16-23(22)18-31/h4-12,15-16,26H,13-14,17-19H2,1-3H3/t26-/m1/s1. The highest BCUT2D eigenvalue weighted by Crippen LogP contribution is 2.35. The zero-order valence-electron chi connectivity index (χ0n) is 20.9. The number of ether oxygens (including phenoxy) is 3. The zero-order valence-corrected chi connectivity index (χ0v) is 20.9. The first-order valence-electron chi connectivity index (χ1n) is 12.1. The fourth-order valence-electron chi connectivity index (χ4n) is 4.97. The molecule has 5 rings (SSSR count). The van der Waals surface area contributed by atoms with Gasteiger partial charge in [-0.3, -0.25) is 9.69 Å². The third-order valence-electron chi connectivity index (χ3n) is 6.93. The van der Waals surface area contributed by atoms with E-state index in [0.29, 0.717) is 25.3 Å². The molecule has 0 fully saturated rings. The molecule has 36 heavy (non-hydrogen) atoms. The van der Waals surface area contributed by atoms with Gasteiger partial charge in [0.2, 0.25) is 0 Å². The van der Waals surface area contributed by atoms with E-state index < -0.39 is 0 Å². The Bertz CT molecular complexity index is 1260. The van der Waals surface area contributed by atoms with Crippen LogP contribution in [0.4, 0.5) is 0 Å². The van der Waals surface area contributed by atoms with Crippen molar-refractivity contribution in [2.75, 3.05) is 34.4 Å². The van der Waals surface area contributed by atoms with Crippen LogP contribution in [0.5, 0.6) is 17.2 Å². The van der Waals surface area contributed by atoms with Gasteiger partial charge in [0.05, 0.1) is 39.6 Å². The number of carbonyl (C=O) groups is 1. The Morgan fingerprint density at radius 2 is 1.61 bits per heavy atom. The molecule has 0 saturated carbocycles. The second kappa shape index (κ2) is 10.4. The molecule has 7 heteroatoms. The molecule has 2 aliphatic rings. The quantitative estimate of drug-likeness (QED) is 0.495. The molecular formula is C29H31N3O4. The highest BCUT2D eigenvalue weighted by molar-refractivity contribution is 6.03. The minimum Gasteiger partial charge on any atom is -0.497 e. The number of hydrogen-bond donors (Lipinski definition) is 0. The first-order valence-corrected chi connectivity index (χ1v) is 12.1. The topological polar surface area (TPSA) is 63.6 Å². The lowest BCUT2D eigenvalue weighted by molar-refractivity contribution is -0.134. The van der Waals surface area contributed by atoms with Gasteiger partial charge in [0.1, 0.15) is 5.75 Å². The first kappa shape index (κ1) is 23.9. The van der Waals surface area contributed by atoms with Crippen LogP contribution in [0.2, 0.25) is 0 Å². The van der Waals surface area contributed by atoms with E-state index in [1.165, 1.54) is 5.56 Å². The predicted octanol–water partition coefficient (Wildman–Crippen LogP) is 4.45. The summed E-state index contributed by atoms with van der Waals surface area (Å²) in [5.74, 6) is 2.23. The Kier molecular flexibility index (Phi) is 6.91. The van der Waals surface area contributed by atoms with Crippen LogP contribution in [0, 0.1) is 0 Å². The molecule has 0 aliphatic carbocycles. The minimum atomic E-state index is -0.153. The Hall–Kier alpha value is -3.84. The van der Waals surface area contributed by atoms with Crippen molar-refractivity contribution in [3.8, 4) is 17.2 Å². The molecule has 186 valence electrons.